The van der Waals surface area contributed by atoms with E-state index >= 15 is 0 Å². The number of fused-ring (bicyclic) bond motifs is 1. The molecule has 0 aliphatic carbocycles. The van der Waals surface area contributed by atoms with Crippen LogP contribution < -0.4 is 10.5 Å². The molecule has 0 radical (unpaired) electrons. The van der Waals surface area contributed by atoms with Crippen LogP contribution in [0, 0.1) is 0 Å². The summed E-state index contributed by atoms with van der Waals surface area (Å²) < 4.78 is 7.02. The highest BCUT2D eigenvalue weighted by molar-refractivity contribution is 6.20. The van der Waals surface area contributed by atoms with Gasteiger partial charge in [-0.3, -0.25) is 0 Å². The molecule has 144 valence electrons. The van der Waals surface area contributed by atoms with Gasteiger partial charge in [0.15, 0.2) is 5.65 Å². The molecule has 0 amide bonds. The van der Waals surface area contributed by atoms with Crippen molar-refractivity contribution in [1.82, 2.24) is 19.7 Å². The fourth-order valence-electron chi connectivity index (χ4n) is 3.03. The van der Waals surface area contributed by atoms with Crippen molar-refractivity contribution >= 4 is 28.5 Å². The summed E-state index contributed by atoms with van der Waals surface area (Å²) in [5, 5.41) is 5.23. The largest absolute Gasteiger partial charge is 0.497 e. The second-order valence-electron chi connectivity index (χ2n) is 6.09. The highest BCUT2D eigenvalue weighted by Gasteiger charge is 2.19. The molecule has 7 heteroatoms. The van der Waals surface area contributed by atoms with Crippen molar-refractivity contribution in [2.24, 2.45) is 0 Å². The van der Waals surface area contributed by atoms with E-state index in [-0.39, 0.29) is 12.8 Å². The van der Waals surface area contributed by atoms with Crippen molar-refractivity contribution in [2.75, 3.05) is 12.8 Å². The molecule has 0 spiro atoms. The number of ether oxygens (including phenoxy) is 1. The minimum atomic E-state index is -0.241. The molecule has 0 fully saturated rings. The number of nitrogens with zero attached hydrogens (tertiary/aromatic N) is 4. The average molecular weight is 396 g/mol. The molecule has 0 saturated heterocycles. The Labute approximate surface area is 168 Å². The molecular weight excluding hydrogens is 374 g/mol. The maximum Gasteiger partial charge on any atom is 0.164 e. The summed E-state index contributed by atoms with van der Waals surface area (Å²) in [6.07, 6.45) is 1.44. The van der Waals surface area contributed by atoms with Crippen molar-refractivity contribution in [1.29, 1.82) is 0 Å². The predicted octanol–water partition coefficient (Wildman–Crippen LogP) is 4.70. The van der Waals surface area contributed by atoms with Gasteiger partial charge in [0.05, 0.1) is 24.4 Å². The zero-order chi connectivity index (χ0) is 18.8. The first-order chi connectivity index (χ1) is 13.2. The maximum absolute atomic E-state index is 6.62. The van der Waals surface area contributed by atoms with E-state index in [4.69, 9.17) is 27.2 Å². The van der Waals surface area contributed by atoms with Gasteiger partial charge in [-0.25, -0.2) is 14.6 Å². The van der Waals surface area contributed by atoms with Crippen LogP contribution in [0.3, 0.4) is 0 Å². The van der Waals surface area contributed by atoms with Crippen molar-refractivity contribution < 1.29 is 4.74 Å². The third-order valence-electron chi connectivity index (χ3n) is 4.42. The fourth-order valence-corrected chi connectivity index (χ4v) is 3.30. The first-order valence-corrected chi connectivity index (χ1v) is 8.91. The summed E-state index contributed by atoms with van der Waals surface area (Å²) in [5.41, 5.74) is 9.46. The van der Waals surface area contributed by atoms with Crippen LogP contribution in [0.4, 0.5) is 5.82 Å². The first-order valence-electron chi connectivity index (χ1n) is 8.48. The van der Waals surface area contributed by atoms with E-state index in [2.05, 4.69) is 9.97 Å². The van der Waals surface area contributed by atoms with Crippen molar-refractivity contribution in [3.05, 3.63) is 66.5 Å². The standard InChI is InChI=1S/C20H18ClN5O.CH4/c1-27-15-9-7-14(8-10-15)18-17-19(22)23-12-24-20(17)26(25-18)11-16(21)13-5-3-2-4-6-13;/h2-10,12,16H,11H2,1H3,(H2,22,23,24);1H4. The molecule has 2 aromatic carbocycles. The Morgan fingerprint density at radius 3 is 2.46 bits per heavy atom. The number of anilines is 1. The topological polar surface area (TPSA) is 78.8 Å². The number of benzene rings is 2. The lowest BCUT2D eigenvalue weighted by molar-refractivity contribution is 0.415. The van der Waals surface area contributed by atoms with Crippen LogP contribution in [-0.4, -0.2) is 26.9 Å². The third-order valence-corrected chi connectivity index (χ3v) is 4.81. The Balaban J connectivity index is 0.00000225. The number of alkyl halides is 1. The van der Waals surface area contributed by atoms with Gasteiger partial charge in [0.25, 0.3) is 0 Å². The van der Waals surface area contributed by atoms with E-state index in [0.29, 0.717) is 18.0 Å². The van der Waals surface area contributed by atoms with E-state index in [1.807, 2.05) is 54.6 Å². The van der Waals surface area contributed by atoms with Crippen LogP contribution >= 0.6 is 11.6 Å². The Bertz CT molecular complexity index is 1060. The number of hydrogen-bond donors (Lipinski definition) is 1. The number of methoxy groups -OCH3 is 1. The van der Waals surface area contributed by atoms with E-state index in [0.717, 1.165) is 28.0 Å². The van der Waals surface area contributed by atoms with Crippen molar-refractivity contribution in [3.63, 3.8) is 0 Å². The molecule has 1 atom stereocenters. The van der Waals surface area contributed by atoms with Gasteiger partial charge in [-0.1, -0.05) is 37.8 Å². The van der Waals surface area contributed by atoms with E-state index in [1.165, 1.54) is 6.33 Å². The molecular formula is C21H22ClN5O. The zero-order valence-electron chi connectivity index (χ0n) is 14.7. The number of aromatic nitrogens is 4. The summed E-state index contributed by atoms with van der Waals surface area (Å²) in [6.45, 7) is 0.467. The van der Waals surface area contributed by atoms with Gasteiger partial charge in [0.2, 0.25) is 0 Å². The van der Waals surface area contributed by atoms with Crippen molar-refractivity contribution in [3.8, 4) is 17.0 Å². The van der Waals surface area contributed by atoms with Gasteiger partial charge < -0.3 is 10.5 Å². The van der Waals surface area contributed by atoms with Crippen LogP contribution in [-0.2, 0) is 6.54 Å². The van der Waals surface area contributed by atoms with Gasteiger partial charge in [0.1, 0.15) is 23.6 Å². The molecule has 0 bridgehead atoms. The smallest absolute Gasteiger partial charge is 0.164 e. The van der Waals surface area contributed by atoms with Crippen LogP contribution in [0.15, 0.2) is 60.9 Å². The Kier molecular flexibility index (Phi) is 5.80. The number of rotatable bonds is 5. The SMILES string of the molecule is C.COc1ccc(-c2nn(CC(Cl)c3ccccc3)c3ncnc(N)c23)cc1. The van der Waals surface area contributed by atoms with Gasteiger partial charge in [0, 0.05) is 5.56 Å². The minimum absolute atomic E-state index is 0. The first kappa shape index (κ1) is 19.6. The number of nitrogens with two attached hydrogens (primary N) is 1. The van der Waals surface area contributed by atoms with E-state index in [1.54, 1.807) is 11.8 Å². The Hall–Kier alpha value is -3.12. The molecule has 4 aromatic rings. The second-order valence-corrected chi connectivity index (χ2v) is 6.62. The van der Waals surface area contributed by atoms with E-state index in [9.17, 15) is 0 Å². The molecule has 0 aliphatic rings. The number of halogens is 1. The lowest BCUT2D eigenvalue weighted by Gasteiger charge is -2.10. The zero-order valence-corrected chi connectivity index (χ0v) is 15.5. The average Bonchev–Trinajstić information content (AvgIpc) is 3.08. The fraction of sp³-hybridized carbons (Fsp3) is 0.190. The molecule has 0 saturated carbocycles. The van der Waals surface area contributed by atoms with Crippen LogP contribution in [0.25, 0.3) is 22.3 Å². The summed E-state index contributed by atoms with van der Waals surface area (Å²) in [5.74, 6) is 1.17. The van der Waals surface area contributed by atoms with Crippen molar-refractivity contribution in [2.45, 2.75) is 19.3 Å². The molecule has 28 heavy (non-hydrogen) atoms. The Morgan fingerprint density at radius 1 is 1.07 bits per heavy atom. The summed E-state index contributed by atoms with van der Waals surface area (Å²) >= 11 is 6.62. The molecule has 2 aromatic heterocycles. The van der Waals surface area contributed by atoms with Crippen LogP contribution in [0.2, 0.25) is 0 Å². The molecule has 4 rings (SSSR count). The molecule has 2 heterocycles. The maximum atomic E-state index is 6.62. The number of hydrogen-bond acceptors (Lipinski definition) is 5. The van der Waals surface area contributed by atoms with Crippen LogP contribution in [0.1, 0.15) is 18.4 Å². The highest BCUT2D eigenvalue weighted by Crippen LogP contribution is 2.32. The van der Waals surface area contributed by atoms with Gasteiger partial charge in [-0.15, -0.1) is 11.6 Å². The normalized spacial score (nSPS) is 11.8. The summed E-state index contributed by atoms with van der Waals surface area (Å²) in [6, 6.07) is 17.5. The number of nitrogen functional groups attached to an aromatic ring is 1. The lowest BCUT2D eigenvalue weighted by atomic mass is 10.1. The molecule has 1 unspecified atom stereocenters. The monoisotopic (exact) mass is 395 g/mol. The second kappa shape index (κ2) is 8.27. The third kappa shape index (κ3) is 3.64. The van der Waals surface area contributed by atoms with Gasteiger partial charge in [-0.2, -0.15) is 5.10 Å². The minimum Gasteiger partial charge on any atom is -0.497 e. The molecule has 6 nitrogen and oxygen atoms in total. The predicted molar refractivity (Wildman–Crippen MR) is 113 cm³/mol. The Morgan fingerprint density at radius 2 is 1.79 bits per heavy atom. The van der Waals surface area contributed by atoms with Crippen LogP contribution in [0.5, 0.6) is 5.75 Å². The molecule has 2 N–H and O–H groups in total. The summed E-state index contributed by atoms with van der Waals surface area (Å²) in [4.78, 5) is 8.53. The van der Waals surface area contributed by atoms with E-state index < -0.39 is 0 Å². The highest BCUT2D eigenvalue weighted by atomic mass is 35.5. The molecule has 0 aliphatic heterocycles. The lowest BCUT2D eigenvalue weighted by Crippen LogP contribution is -2.07. The summed E-state index contributed by atoms with van der Waals surface area (Å²) in [7, 11) is 1.63. The van der Waals surface area contributed by atoms with Gasteiger partial charge >= 0.3 is 0 Å². The van der Waals surface area contributed by atoms with Gasteiger partial charge in [-0.05, 0) is 29.8 Å². The quantitative estimate of drug-likeness (QED) is 0.495.